The first kappa shape index (κ1) is 11.7. The number of ketones is 1. The van der Waals surface area contributed by atoms with Crippen LogP contribution in [0, 0.1) is 0 Å². The summed E-state index contributed by atoms with van der Waals surface area (Å²) in [6.07, 6.45) is -4.41. The van der Waals surface area contributed by atoms with Crippen LogP contribution in [0.25, 0.3) is 10.9 Å². The van der Waals surface area contributed by atoms with Crippen molar-refractivity contribution in [3.05, 3.63) is 36.0 Å². The lowest BCUT2D eigenvalue weighted by molar-refractivity contribution is -0.133. The van der Waals surface area contributed by atoms with Gasteiger partial charge in [-0.25, -0.2) is 0 Å². The Morgan fingerprint density at radius 3 is 2.65 bits per heavy atom. The molecule has 90 valence electrons. The van der Waals surface area contributed by atoms with E-state index in [9.17, 15) is 18.0 Å². The van der Waals surface area contributed by atoms with Gasteiger partial charge in [-0.3, -0.25) is 4.79 Å². The molecule has 0 fully saturated rings. The predicted molar refractivity (Wildman–Crippen MR) is 57.9 cm³/mol. The van der Waals surface area contributed by atoms with Crippen molar-refractivity contribution in [1.29, 1.82) is 0 Å². The summed E-state index contributed by atoms with van der Waals surface area (Å²) in [4.78, 5) is 14.5. The normalized spacial score (nSPS) is 11.9. The van der Waals surface area contributed by atoms with Gasteiger partial charge in [0.05, 0.1) is 6.42 Å². The second-order valence-electron chi connectivity index (χ2n) is 3.79. The van der Waals surface area contributed by atoms with E-state index in [0.717, 1.165) is 5.52 Å². The lowest BCUT2D eigenvalue weighted by Crippen LogP contribution is -2.10. The van der Waals surface area contributed by atoms with E-state index < -0.39 is 24.8 Å². The summed E-state index contributed by atoms with van der Waals surface area (Å²) in [5, 5.41) is 0.666. The fourth-order valence-corrected chi connectivity index (χ4v) is 1.69. The van der Waals surface area contributed by atoms with Crippen LogP contribution in [-0.2, 0) is 0 Å². The van der Waals surface area contributed by atoms with Gasteiger partial charge in [-0.1, -0.05) is 18.2 Å². The summed E-state index contributed by atoms with van der Waals surface area (Å²) in [7, 11) is 0. The van der Waals surface area contributed by atoms with E-state index in [0.29, 0.717) is 10.9 Å². The minimum Gasteiger partial charge on any atom is -0.360 e. The number of H-pyrrole nitrogens is 1. The Bertz CT molecular complexity index is 542. The number of para-hydroxylation sites is 1. The maximum Gasteiger partial charge on any atom is 0.389 e. The highest BCUT2D eigenvalue weighted by Gasteiger charge is 2.28. The van der Waals surface area contributed by atoms with Crippen molar-refractivity contribution in [2.75, 3.05) is 0 Å². The van der Waals surface area contributed by atoms with Gasteiger partial charge < -0.3 is 4.98 Å². The summed E-state index contributed by atoms with van der Waals surface area (Å²) in [6.45, 7) is 0. The van der Waals surface area contributed by atoms with Crippen molar-refractivity contribution >= 4 is 16.7 Å². The molecule has 0 unspecified atom stereocenters. The van der Waals surface area contributed by atoms with Crippen LogP contribution in [0.5, 0.6) is 0 Å². The number of nitrogens with one attached hydrogen (secondary N) is 1. The smallest absolute Gasteiger partial charge is 0.360 e. The van der Waals surface area contributed by atoms with Crippen LogP contribution in [0.15, 0.2) is 30.5 Å². The van der Waals surface area contributed by atoms with Gasteiger partial charge in [-0.15, -0.1) is 0 Å². The number of fused-ring (bicyclic) bond motifs is 1. The second kappa shape index (κ2) is 4.24. The summed E-state index contributed by atoms with van der Waals surface area (Å²) in [5.74, 6) is -0.486. The Labute approximate surface area is 95.4 Å². The maximum absolute atomic E-state index is 12.0. The third-order valence-electron chi connectivity index (χ3n) is 2.53. The fourth-order valence-electron chi connectivity index (χ4n) is 1.69. The molecule has 2 rings (SSSR count). The Hall–Kier alpha value is -1.78. The summed E-state index contributed by atoms with van der Waals surface area (Å²) in [6, 6.07) is 7.03. The minimum absolute atomic E-state index is 0.324. The van der Waals surface area contributed by atoms with E-state index in [1.165, 1.54) is 6.20 Å². The SMILES string of the molecule is O=C(CCC(F)(F)F)c1c[nH]c2ccccc12. The first-order chi connectivity index (χ1) is 7.97. The van der Waals surface area contributed by atoms with Crippen molar-refractivity contribution in [1.82, 2.24) is 4.98 Å². The van der Waals surface area contributed by atoms with Gasteiger partial charge in [0.2, 0.25) is 0 Å². The number of Topliss-reactive ketones (excluding diaryl/α,β-unsaturated/α-hetero) is 1. The average molecular weight is 241 g/mol. The largest absolute Gasteiger partial charge is 0.389 e. The third kappa shape index (κ3) is 2.67. The van der Waals surface area contributed by atoms with Crippen molar-refractivity contribution in [3.63, 3.8) is 0 Å². The van der Waals surface area contributed by atoms with Gasteiger partial charge in [0.25, 0.3) is 0 Å². The van der Waals surface area contributed by atoms with Crippen LogP contribution in [-0.4, -0.2) is 16.9 Å². The number of aromatic amines is 1. The van der Waals surface area contributed by atoms with Gasteiger partial charge in [0, 0.05) is 29.1 Å². The molecule has 0 atom stereocenters. The molecule has 0 aliphatic heterocycles. The zero-order valence-corrected chi connectivity index (χ0v) is 8.84. The number of carbonyl (C=O) groups excluding carboxylic acids is 1. The Balaban J connectivity index is 2.20. The molecular weight excluding hydrogens is 231 g/mol. The van der Waals surface area contributed by atoms with Gasteiger partial charge >= 0.3 is 6.18 Å². The van der Waals surface area contributed by atoms with Gasteiger partial charge in [0.15, 0.2) is 5.78 Å². The molecular formula is C12H10F3NO. The zero-order valence-electron chi connectivity index (χ0n) is 8.84. The van der Waals surface area contributed by atoms with Gasteiger partial charge in [-0.2, -0.15) is 13.2 Å². The molecule has 0 amide bonds. The Morgan fingerprint density at radius 2 is 1.94 bits per heavy atom. The third-order valence-corrected chi connectivity index (χ3v) is 2.53. The van der Waals surface area contributed by atoms with Crippen LogP contribution >= 0.6 is 0 Å². The molecule has 0 bridgehead atoms. The number of hydrogen-bond acceptors (Lipinski definition) is 1. The van der Waals surface area contributed by atoms with Crippen molar-refractivity contribution in [3.8, 4) is 0 Å². The summed E-state index contributed by atoms with van der Waals surface area (Å²) >= 11 is 0. The van der Waals surface area contributed by atoms with E-state index in [1.54, 1.807) is 24.3 Å². The molecule has 2 nitrogen and oxygen atoms in total. The molecule has 1 heterocycles. The molecule has 1 N–H and O–H groups in total. The van der Waals surface area contributed by atoms with Crippen LogP contribution in [0.2, 0.25) is 0 Å². The molecule has 2 aromatic rings. The molecule has 0 saturated carbocycles. The number of aromatic nitrogens is 1. The summed E-state index contributed by atoms with van der Waals surface area (Å²) in [5.41, 5.74) is 1.08. The average Bonchev–Trinajstić information content (AvgIpc) is 2.68. The molecule has 0 aliphatic carbocycles. The predicted octanol–water partition coefficient (Wildman–Crippen LogP) is 3.69. The quantitative estimate of drug-likeness (QED) is 0.816. The number of benzene rings is 1. The van der Waals surface area contributed by atoms with Crippen molar-refractivity contribution in [2.45, 2.75) is 19.0 Å². The molecule has 0 aliphatic rings. The number of alkyl halides is 3. The standard InChI is InChI=1S/C12H10F3NO/c13-12(14,15)6-5-11(17)9-7-16-10-4-2-1-3-8(9)10/h1-4,7,16H,5-6H2. The Morgan fingerprint density at radius 1 is 1.24 bits per heavy atom. The second-order valence-corrected chi connectivity index (χ2v) is 3.79. The van der Waals surface area contributed by atoms with Crippen LogP contribution in [0.4, 0.5) is 13.2 Å². The molecule has 0 radical (unpaired) electrons. The minimum atomic E-state index is -4.29. The van der Waals surface area contributed by atoms with Crippen molar-refractivity contribution < 1.29 is 18.0 Å². The fraction of sp³-hybridized carbons (Fsp3) is 0.250. The molecule has 5 heteroatoms. The van der Waals surface area contributed by atoms with Gasteiger partial charge in [0.1, 0.15) is 0 Å². The first-order valence-corrected chi connectivity index (χ1v) is 5.13. The van der Waals surface area contributed by atoms with Crippen LogP contribution in [0.1, 0.15) is 23.2 Å². The van der Waals surface area contributed by atoms with Crippen LogP contribution in [0.3, 0.4) is 0 Å². The monoisotopic (exact) mass is 241 g/mol. The van der Waals surface area contributed by atoms with E-state index in [2.05, 4.69) is 4.98 Å². The maximum atomic E-state index is 12.0. The highest BCUT2D eigenvalue weighted by atomic mass is 19.4. The highest BCUT2D eigenvalue weighted by Crippen LogP contribution is 2.25. The Kier molecular flexibility index (Phi) is 2.92. The number of halogens is 3. The lowest BCUT2D eigenvalue weighted by atomic mass is 10.1. The van der Waals surface area contributed by atoms with E-state index in [1.807, 2.05) is 0 Å². The van der Waals surface area contributed by atoms with Gasteiger partial charge in [-0.05, 0) is 6.07 Å². The van der Waals surface area contributed by atoms with Crippen molar-refractivity contribution in [2.24, 2.45) is 0 Å². The van der Waals surface area contributed by atoms with E-state index in [4.69, 9.17) is 0 Å². The first-order valence-electron chi connectivity index (χ1n) is 5.13. The van der Waals surface area contributed by atoms with E-state index in [-0.39, 0.29) is 0 Å². The number of hydrogen-bond donors (Lipinski definition) is 1. The van der Waals surface area contributed by atoms with Crippen LogP contribution < -0.4 is 0 Å². The zero-order chi connectivity index (χ0) is 12.5. The highest BCUT2D eigenvalue weighted by molar-refractivity contribution is 6.07. The lowest BCUT2D eigenvalue weighted by Gasteiger charge is -2.04. The molecule has 17 heavy (non-hydrogen) atoms. The topological polar surface area (TPSA) is 32.9 Å². The molecule has 0 spiro atoms. The molecule has 1 aromatic carbocycles. The number of rotatable bonds is 3. The summed E-state index contributed by atoms with van der Waals surface area (Å²) < 4.78 is 36.0. The molecule has 0 saturated heterocycles. The number of carbonyl (C=O) groups is 1. The van der Waals surface area contributed by atoms with E-state index >= 15 is 0 Å². The molecule has 1 aromatic heterocycles.